The predicted octanol–water partition coefficient (Wildman–Crippen LogP) is 0.363. The van der Waals surface area contributed by atoms with Crippen molar-refractivity contribution in [2.45, 2.75) is 38.8 Å². The summed E-state index contributed by atoms with van der Waals surface area (Å²) in [6.45, 7) is 2.92. The molecule has 2 rings (SSSR count). The third kappa shape index (κ3) is 3.20. The highest BCUT2D eigenvalue weighted by atomic mass is 16.3. The van der Waals surface area contributed by atoms with Crippen molar-refractivity contribution in [1.82, 2.24) is 15.1 Å². The second-order valence-corrected chi connectivity index (χ2v) is 4.88. The van der Waals surface area contributed by atoms with Crippen molar-refractivity contribution in [3.8, 4) is 0 Å². The molecule has 0 aromatic carbocycles. The van der Waals surface area contributed by atoms with E-state index >= 15 is 0 Å². The van der Waals surface area contributed by atoms with Crippen LogP contribution in [0.25, 0.3) is 0 Å². The van der Waals surface area contributed by atoms with Crippen LogP contribution in [0.3, 0.4) is 0 Å². The van der Waals surface area contributed by atoms with E-state index in [1.165, 1.54) is 6.20 Å². The van der Waals surface area contributed by atoms with Crippen LogP contribution in [-0.4, -0.2) is 39.2 Å². The zero-order valence-electron chi connectivity index (χ0n) is 11.0. The maximum atomic E-state index is 11.8. The van der Waals surface area contributed by atoms with Gasteiger partial charge in [-0.2, -0.15) is 5.10 Å². The largest absolute Gasteiger partial charge is 0.393 e. The van der Waals surface area contributed by atoms with Crippen molar-refractivity contribution in [2.75, 3.05) is 6.54 Å². The number of aliphatic hydroxyl groups excluding tert-OH is 1. The quantitative estimate of drug-likeness (QED) is 0.595. The van der Waals surface area contributed by atoms with Gasteiger partial charge < -0.3 is 10.4 Å². The molecule has 6 heteroatoms. The lowest BCUT2D eigenvalue weighted by Crippen LogP contribution is -2.36. The molecule has 1 fully saturated rings. The van der Waals surface area contributed by atoms with Gasteiger partial charge in [-0.05, 0) is 19.8 Å². The standard InChI is InChI=1S/C13H19N3O3/c1-2-16-8-10(7-15-16)12(18)13(19)14-6-9-4-3-5-11(9)17/h7-9,11,17H,2-6H2,1H3,(H,14,19). The Morgan fingerprint density at radius 2 is 2.32 bits per heavy atom. The zero-order valence-corrected chi connectivity index (χ0v) is 11.0. The number of ketones is 1. The minimum absolute atomic E-state index is 0.0649. The average Bonchev–Trinajstić information content (AvgIpc) is 3.03. The third-order valence-corrected chi connectivity index (χ3v) is 3.57. The first-order valence-electron chi connectivity index (χ1n) is 6.65. The summed E-state index contributed by atoms with van der Waals surface area (Å²) < 4.78 is 1.60. The molecule has 2 unspecified atom stereocenters. The van der Waals surface area contributed by atoms with Crippen LogP contribution in [-0.2, 0) is 11.3 Å². The Morgan fingerprint density at radius 3 is 2.89 bits per heavy atom. The summed E-state index contributed by atoms with van der Waals surface area (Å²) in [5, 5.41) is 16.2. The van der Waals surface area contributed by atoms with Gasteiger partial charge in [-0.3, -0.25) is 14.3 Å². The second-order valence-electron chi connectivity index (χ2n) is 4.88. The first kappa shape index (κ1) is 13.7. The number of aliphatic hydroxyl groups is 1. The molecule has 2 N–H and O–H groups in total. The number of Topliss-reactive ketones (excluding diaryl/α,β-unsaturated/α-hetero) is 1. The lowest BCUT2D eigenvalue weighted by Gasteiger charge is -2.14. The third-order valence-electron chi connectivity index (χ3n) is 3.57. The van der Waals surface area contributed by atoms with Crippen LogP contribution in [0.4, 0.5) is 0 Å². The molecule has 1 amide bonds. The minimum atomic E-state index is -0.630. The van der Waals surface area contributed by atoms with E-state index in [-0.39, 0.29) is 12.0 Å². The van der Waals surface area contributed by atoms with Crippen molar-refractivity contribution in [3.05, 3.63) is 18.0 Å². The normalized spacial score (nSPS) is 22.4. The van der Waals surface area contributed by atoms with E-state index in [0.29, 0.717) is 18.7 Å². The Balaban J connectivity index is 1.87. The molecule has 1 aromatic rings. The Hall–Kier alpha value is -1.69. The summed E-state index contributed by atoms with van der Waals surface area (Å²) in [4.78, 5) is 23.6. The summed E-state index contributed by atoms with van der Waals surface area (Å²) in [5.74, 6) is -1.14. The maximum Gasteiger partial charge on any atom is 0.292 e. The lowest BCUT2D eigenvalue weighted by molar-refractivity contribution is -0.117. The maximum absolute atomic E-state index is 11.8. The topological polar surface area (TPSA) is 84.2 Å². The zero-order chi connectivity index (χ0) is 13.8. The lowest BCUT2D eigenvalue weighted by atomic mass is 10.1. The van der Waals surface area contributed by atoms with Crippen LogP contribution < -0.4 is 5.32 Å². The Kier molecular flexibility index (Phi) is 4.31. The van der Waals surface area contributed by atoms with E-state index in [4.69, 9.17) is 0 Å². The molecule has 1 heterocycles. The summed E-state index contributed by atoms with van der Waals surface area (Å²) >= 11 is 0. The van der Waals surface area contributed by atoms with Gasteiger partial charge in [0.15, 0.2) is 0 Å². The molecule has 19 heavy (non-hydrogen) atoms. The number of aryl methyl sites for hydroxylation is 1. The first-order chi connectivity index (χ1) is 9.11. The van der Waals surface area contributed by atoms with E-state index in [0.717, 1.165) is 19.3 Å². The SMILES string of the molecule is CCn1cc(C(=O)C(=O)NCC2CCCC2O)cn1. The van der Waals surface area contributed by atoms with E-state index in [1.54, 1.807) is 10.9 Å². The van der Waals surface area contributed by atoms with Gasteiger partial charge in [-0.15, -0.1) is 0 Å². The van der Waals surface area contributed by atoms with Gasteiger partial charge in [0.1, 0.15) is 0 Å². The number of carbonyl (C=O) groups excluding carboxylic acids is 2. The molecule has 1 aliphatic carbocycles. The Morgan fingerprint density at radius 1 is 1.53 bits per heavy atom. The molecule has 1 saturated carbocycles. The smallest absolute Gasteiger partial charge is 0.292 e. The van der Waals surface area contributed by atoms with E-state index in [2.05, 4.69) is 10.4 Å². The number of rotatable bonds is 5. The van der Waals surface area contributed by atoms with Crippen LogP contribution in [0, 0.1) is 5.92 Å². The van der Waals surface area contributed by atoms with Gasteiger partial charge in [0.2, 0.25) is 0 Å². The summed E-state index contributed by atoms with van der Waals surface area (Å²) in [5.41, 5.74) is 0.298. The van der Waals surface area contributed by atoms with E-state index < -0.39 is 11.7 Å². The molecule has 0 aliphatic heterocycles. The van der Waals surface area contributed by atoms with Crippen molar-refractivity contribution in [1.29, 1.82) is 0 Å². The summed E-state index contributed by atoms with van der Waals surface area (Å²) in [7, 11) is 0. The second kappa shape index (κ2) is 5.97. The fourth-order valence-corrected chi connectivity index (χ4v) is 2.34. The first-order valence-corrected chi connectivity index (χ1v) is 6.65. The Bertz CT molecular complexity index is 469. The Labute approximate surface area is 111 Å². The highest BCUT2D eigenvalue weighted by Crippen LogP contribution is 2.24. The summed E-state index contributed by atoms with van der Waals surface area (Å²) in [6, 6.07) is 0. The molecule has 0 saturated heterocycles. The monoisotopic (exact) mass is 265 g/mol. The van der Waals surface area contributed by atoms with Crippen LogP contribution in [0.15, 0.2) is 12.4 Å². The van der Waals surface area contributed by atoms with Gasteiger partial charge in [0.05, 0.1) is 17.9 Å². The highest BCUT2D eigenvalue weighted by molar-refractivity contribution is 6.42. The molecule has 1 aliphatic rings. The number of carbonyl (C=O) groups is 2. The van der Waals surface area contributed by atoms with Crippen molar-refractivity contribution in [2.24, 2.45) is 5.92 Å². The van der Waals surface area contributed by atoms with Crippen LogP contribution >= 0.6 is 0 Å². The molecule has 0 radical (unpaired) electrons. The molecular formula is C13H19N3O3. The van der Waals surface area contributed by atoms with Crippen molar-refractivity contribution in [3.63, 3.8) is 0 Å². The average molecular weight is 265 g/mol. The van der Waals surface area contributed by atoms with Gasteiger partial charge in [-0.1, -0.05) is 6.42 Å². The minimum Gasteiger partial charge on any atom is -0.393 e. The number of aromatic nitrogens is 2. The van der Waals surface area contributed by atoms with Gasteiger partial charge in [-0.25, -0.2) is 0 Å². The molecule has 0 spiro atoms. The van der Waals surface area contributed by atoms with E-state index in [1.807, 2.05) is 6.92 Å². The van der Waals surface area contributed by atoms with Crippen molar-refractivity contribution < 1.29 is 14.7 Å². The summed E-state index contributed by atoms with van der Waals surface area (Å²) in [6.07, 6.45) is 5.24. The van der Waals surface area contributed by atoms with Crippen molar-refractivity contribution >= 4 is 11.7 Å². The molecule has 6 nitrogen and oxygen atoms in total. The van der Waals surface area contributed by atoms with E-state index in [9.17, 15) is 14.7 Å². The molecular weight excluding hydrogens is 246 g/mol. The highest BCUT2D eigenvalue weighted by Gasteiger charge is 2.26. The molecule has 1 aromatic heterocycles. The fraction of sp³-hybridized carbons (Fsp3) is 0.615. The number of amides is 1. The van der Waals surface area contributed by atoms with Crippen LogP contribution in [0.2, 0.25) is 0 Å². The van der Waals surface area contributed by atoms with Gasteiger partial charge in [0.25, 0.3) is 11.7 Å². The van der Waals surface area contributed by atoms with Gasteiger partial charge in [0, 0.05) is 25.2 Å². The van der Waals surface area contributed by atoms with Crippen LogP contribution in [0.1, 0.15) is 36.5 Å². The van der Waals surface area contributed by atoms with Gasteiger partial charge >= 0.3 is 0 Å². The number of hydrogen-bond acceptors (Lipinski definition) is 4. The fourth-order valence-electron chi connectivity index (χ4n) is 2.34. The molecule has 104 valence electrons. The molecule has 2 atom stereocenters. The number of nitrogens with zero attached hydrogens (tertiary/aromatic N) is 2. The number of nitrogens with one attached hydrogen (secondary N) is 1. The van der Waals surface area contributed by atoms with Crippen LogP contribution in [0.5, 0.6) is 0 Å². The number of hydrogen-bond donors (Lipinski definition) is 2. The molecule has 0 bridgehead atoms. The predicted molar refractivity (Wildman–Crippen MR) is 68.6 cm³/mol.